The van der Waals surface area contributed by atoms with Gasteiger partial charge < -0.3 is 15.1 Å². The van der Waals surface area contributed by atoms with Gasteiger partial charge in [-0.2, -0.15) is 0 Å². The topological polar surface area (TPSA) is 60.8 Å². The van der Waals surface area contributed by atoms with Crippen molar-refractivity contribution in [2.45, 2.75) is 51.6 Å². The predicted molar refractivity (Wildman–Crippen MR) is 113 cm³/mol. The van der Waals surface area contributed by atoms with E-state index in [1.54, 1.807) is 18.4 Å². The molecule has 1 saturated heterocycles. The van der Waals surface area contributed by atoms with Crippen LogP contribution in [0, 0.1) is 0 Å². The molecule has 0 radical (unpaired) electrons. The number of aromatic nitrogens is 1. The number of piperazine rings is 1. The van der Waals surface area contributed by atoms with Crippen LogP contribution in [0.5, 0.6) is 0 Å². The highest BCUT2D eigenvalue weighted by molar-refractivity contribution is 14.0. The Hall–Kier alpha value is -0.900. The van der Waals surface area contributed by atoms with Crippen LogP contribution in [-0.4, -0.2) is 59.4 Å². The van der Waals surface area contributed by atoms with Crippen LogP contribution in [0.2, 0.25) is 0 Å². The molecule has 2 heterocycles. The molecular formula is C17H28IN5OS. The summed E-state index contributed by atoms with van der Waals surface area (Å²) in [7, 11) is 1.77. The Morgan fingerprint density at radius 2 is 2.12 bits per heavy atom. The lowest BCUT2D eigenvalue weighted by atomic mass is 9.93. The predicted octanol–water partition coefficient (Wildman–Crippen LogP) is 2.44. The van der Waals surface area contributed by atoms with Gasteiger partial charge in [-0.05, 0) is 12.8 Å². The van der Waals surface area contributed by atoms with Crippen LogP contribution in [0.1, 0.15) is 44.3 Å². The van der Waals surface area contributed by atoms with Gasteiger partial charge in [0.15, 0.2) is 5.96 Å². The number of thiazole rings is 1. The zero-order valence-corrected chi connectivity index (χ0v) is 18.6. The zero-order valence-electron chi connectivity index (χ0n) is 15.4. The molecule has 0 atom stereocenters. The molecule has 0 unspecified atom stereocenters. The number of nitrogens with zero attached hydrogens (tertiary/aromatic N) is 4. The fourth-order valence-corrected chi connectivity index (χ4v) is 3.82. The van der Waals surface area contributed by atoms with E-state index in [0.29, 0.717) is 19.1 Å². The molecule has 1 saturated carbocycles. The number of aliphatic imine (C=N–C) groups is 1. The summed E-state index contributed by atoms with van der Waals surface area (Å²) in [6.45, 7) is 9.21. The van der Waals surface area contributed by atoms with E-state index >= 15 is 0 Å². The van der Waals surface area contributed by atoms with Gasteiger partial charge in [-0.25, -0.2) is 4.98 Å². The Morgan fingerprint density at radius 1 is 1.40 bits per heavy atom. The molecule has 1 aliphatic carbocycles. The number of carbonyl (C=O) groups excluding carboxylic acids is 1. The first-order chi connectivity index (χ1) is 11.4. The molecule has 140 valence electrons. The lowest BCUT2D eigenvalue weighted by Crippen LogP contribution is -2.55. The van der Waals surface area contributed by atoms with E-state index < -0.39 is 0 Å². The highest BCUT2D eigenvalue weighted by Crippen LogP contribution is 2.28. The Labute approximate surface area is 171 Å². The van der Waals surface area contributed by atoms with Gasteiger partial charge in [0.2, 0.25) is 5.91 Å². The molecule has 3 rings (SSSR count). The molecule has 0 aromatic carbocycles. The van der Waals surface area contributed by atoms with Crippen LogP contribution in [0.3, 0.4) is 0 Å². The maximum atomic E-state index is 12.3. The molecule has 0 spiro atoms. The second-order valence-corrected chi connectivity index (χ2v) is 8.46. The number of hydrogen-bond acceptors (Lipinski definition) is 4. The minimum absolute atomic E-state index is 0. The largest absolute Gasteiger partial charge is 0.350 e. The van der Waals surface area contributed by atoms with Gasteiger partial charge in [0.1, 0.15) is 5.01 Å². The van der Waals surface area contributed by atoms with Crippen molar-refractivity contribution in [3.05, 3.63) is 16.1 Å². The average Bonchev–Trinajstić information content (AvgIpc) is 3.24. The van der Waals surface area contributed by atoms with Gasteiger partial charge in [-0.3, -0.25) is 9.79 Å². The van der Waals surface area contributed by atoms with E-state index in [1.165, 1.54) is 12.8 Å². The molecule has 1 N–H and O–H groups in total. The standard InChI is InChI=1S/C17H27N5OS.HI/c1-17(2,3)13-11-24-14(20-13)9-19-16(18-4)21-7-8-22(12-5-6-12)15(23)10-21;/h11-12H,5-10H2,1-4H3,(H,18,19);1H. The van der Waals surface area contributed by atoms with Crippen LogP contribution >= 0.6 is 35.3 Å². The number of guanidine groups is 1. The van der Waals surface area contributed by atoms with Crippen LogP contribution in [0.15, 0.2) is 10.4 Å². The van der Waals surface area contributed by atoms with Crippen molar-refractivity contribution >= 4 is 47.2 Å². The normalized spacial score (nSPS) is 19.0. The number of halogens is 1. The Bertz CT molecular complexity index is 635. The summed E-state index contributed by atoms with van der Waals surface area (Å²) in [5.41, 5.74) is 1.19. The van der Waals surface area contributed by atoms with Crippen molar-refractivity contribution in [3.63, 3.8) is 0 Å². The van der Waals surface area contributed by atoms with Gasteiger partial charge in [0.25, 0.3) is 0 Å². The highest BCUT2D eigenvalue weighted by Gasteiger charge is 2.36. The van der Waals surface area contributed by atoms with Gasteiger partial charge in [-0.15, -0.1) is 35.3 Å². The fourth-order valence-electron chi connectivity index (χ4n) is 2.86. The van der Waals surface area contributed by atoms with Crippen molar-refractivity contribution in [1.82, 2.24) is 20.1 Å². The Balaban J connectivity index is 0.00000225. The SMILES string of the molecule is CN=C(NCc1nc(C(C)(C)C)cs1)N1CCN(C2CC2)C(=O)C1.I. The van der Waals surface area contributed by atoms with Crippen molar-refractivity contribution in [1.29, 1.82) is 0 Å². The molecule has 8 heteroatoms. The summed E-state index contributed by atoms with van der Waals surface area (Å²) in [6.07, 6.45) is 2.33. The second kappa shape index (κ2) is 8.20. The van der Waals surface area contributed by atoms with Crippen molar-refractivity contribution in [2.75, 3.05) is 26.7 Å². The van der Waals surface area contributed by atoms with Crippen LogP contribution in [-0.2, 0) is 16.8 Å². The monoisotopic (exact) mass is 477 g/mol. The maximum Gasteiger partial charge on any atom is 0.242 e. The molecule has 2 fully saturated rings. The summed E-state index contributed by atoms with van der Waals surface area (Å²) in [6, 6.07) is 0.501. The van der Waals surface area contributed by atoms with Gasteiger partial charge in [0, 0.05) is 37.0 Å². The summed E-state index contributed by atoms with van der Waals surface area (Å²) in [5.74, 6) is 1.00. The Morgan fingerprint density at radius 3 is 2.64 bits per heavy atom. The smallest absolute Gasteiger partial charge is 0.242 e. The summed E-state index contributed by atoms with van der Waals surface area (Å²) in [4.78, 5) is 25.4. The van der Waals surface area contributed by atoms with E-state index in [2.05, 4.69) is 36.5 Å². The third-order valence-corrected chi connectivity index (χ3v) is 5.32. The van der Waals surface area contributed by atoms with Gasteiger partial charge >= 0.3 is 0 Å². The molecule has 6 nitrogen and oxygen atoms in total. The lowest BCUT2D eigenvalue weighted by molar-refractivity contribution is -0.135. The molecule has 0 bridgehead atoms. The molecule has 1 amide bonds. The van der Waals surface area contributed by atoms with E-state index in [0.717, 1.165) is 29.8 Å². The maximum absolute atomic E-state index is 12.3. The molecule has 1 aliphatic heterocycles. The minimum Gasteiger partial charge on any atom is -0.350 e. The summed E-state index contributed by atoms with van der Waals surface area (Å²) >= 11 is 1.67. The molecular weight excluding hydrogens is 449 g/mol. The second-order valence-electron chi connectivity index (χ2n) is 7.52. The number of hydrogen-bond donors (Lipinski definition) is 1. The third kappa shape index (κ3) is 5.06. The molecule has 1 aromatic heterocycles. The van der Waals surface area contributed by atoms with Gasteiger partial charge in [-0.1, -0.05) is 20.8 Å². The van der Waals surface area contributed by atoms with Crippen LogP contribution < -0.4 is 5.32 Å². The minimum atomic E-state index is 0. The van der Waals surface area contributed by atoms with E-state index in [1.807, 2.05) is 9.80 Å². The number of carbonyl (C=O) groups is 1. The van der Waals surface area contributed by atoms with Crippen LogP contribution in [0.25, 0.3) is 0 Å². The summed E-state index contributed by atoms with van der Waals surface area (Å²) in [5, 5.41) is 6.52. The fraction of sp³-hybridized carbons (Fsp3) is 0.706. The van der Waals surface area contributed by atoms with E-state index in [9.17, 15) is 4.79 Å². The van der Waals surface area contributed by atoms with Crippen molar-refractivity contribution in [2.24, 2.45) is 4.99 Å². The summed E-state index contributed by atoms with van der Waals surface area (Å²) < 4.78 is 0. The number of amides is 1. The van der Waals surface area contributed by atoms with Crippen LogP contribution in [0.4, 0.5) is 0 Å². The first-order valence-corrected chi connectivity index (χ1v) is 9.46. The highest BCUT2D eigenvalue weighted by atomic mass is 127. The quantitative estimate of drug-likeness (QED) is 0.413. The molecule has 2 aliphatic rings. The third-order valence-electron chi connectivity index (χ3n) is 4.47. The number of rotatable bonds is 3. The molecule has 1 aromatic rings. The molecule has 25 heavy (non-hydrogen) atoms. The van der Waals surface area contributed by atoms with Crippen molar-refractivity contribution < 1.29 is 4.79 Å². The van der Waals surface area contributed by atoms with Gasteiger partial charge in [0.05, 0.1) is 18.8 Å². The van der Waals surface area contributed by atoms with E-state index in [4.69, 9.17) is 4.98 Å². The number of nitrogens with one attached hydrogen (secondary N) is 1. The average molecular weight is 477 g/mol. The zero-order chi connectivity index (χ0) is 17.3. The van der Waals surface area contributed by atoms with E-state index in [-0.39, 0.29) is 35.3 Å². The van der Waals surface area contributed by atoms with Crippen molar-refractivity contribution in [3.8, 4) is 0 Å². The first-order valence-electron chi connectivity index (χ1n) is 8.58. The Kier molecular flexibility index (Phi) is 6.69. The first kappa shape index (κ1) is 20.4. The lowest BCUT2D eigenvalue weighted by Gasteiger charge is -2.36.